The molecule has 2 aliphatic rings. The molecule has 1 aliphatic heterocycles. The number of unbranched alkanes of at least 4 members (excludes halogenated alkanes) is 3. The van der Waals surface area contributed by atoms with Gasteiger partial charge in [0, 0.05) is 13.1 Å². The predicted molar refractivity (Wildman–Crippen MR) is 79.0 cm³/mol. The van der Waals surface area contributed by atoms with E-state index >= 15 is 0 Å². The van der Waals surface area contributed by atoms with E-state index in [1.165, 1.54) is 58.0 Å². The topological polar surface area (TPSA) is 32.3 Å². The van der Waals surface area contributed by atoms with Gasteiger partial charge in [-0.3, -0.25) is 4.79 Å². The van der Waals surface area contributed by atoms with E-state index in [-0.39, 0.29) is 5.92 Å². The third-order valence-corrected chi connectivity index (χ3v) is 4.47. The zero-order chi connectivity index (χ0) is 13.5. The molecule has 3 nitrogen and oxygen atoms in total. The average molecular weight is 266 g/mol. The van der Waals surface area contributed by atoms with Gasteiger partial charge in [-0.1, -0.05) is 26.2 Å². The fourth-order valence-electron chi connectivity index (χ4n) is 2.95. The maximum atomic E-state index is 12.1. The molecule has 1 saturated carbocycles. The highest BCUT2D eigenvalue weighted by Gasteiger charge is 2.27. The van der Waals surface area contributed by atoms with Crippen LogP contribution >= 0.6 is 0 Å². The summed E-state index contributed by atoms with van der Waals surface area (Å²) in [6, 6.07) is 0. The van der Waals surface area contributed by atoms with Crippen LogP contribution in [0.15, 0.2) is 0 Å². The van der Waals surface area contributed by atoms with Gasteiger partial charge < -0.3 is 10.2 Å². The lowest BCUT2D eigenvalue weighted by atomic mass is 9.96. The number of piperidine rings is 1. The summed E-state index contributed by atoms with van der Waals surface area (Å²) in [7, 11) is 0. The molecule has 1 aliphatic carbocycles. The summed E-state index contributed by atoms with van der Waals surface area (Å²) in [5, 5.41) is 3.15. The number of rotatable bonds is 8. The summed E-state index contributed by atoms with van der Waals surface area (Å²) in [5.74, 6) is 1.35. The Labute approximate surface area is 118 Å². The summed E-state index contributed by atoms with van der Waals surface area (Å²) in [6.07, 6.45) is 10.2. The van der Waals surface area contributed by atoms with Crippen LogP contribution in [0.5, 0.6) is 0 Å². The highest BCUT2D eigenvalue weighted by Crippen LogP contribution is 2.28. The van der Waals surface area contributed by atoms with Gasteiger partial charge in [-0.25, -0.2) is 0 Å². The van der Waals surface area contributed by atoms with Gasteiger partial charge in [0.15, 0.2) is 0 Å². The summed E-state index contributed by atoms with van der Waals surface area (Å²) in [4.78, 5) is 14.6. The molecule has 1 N–H and O–H groups in total. The molecule has 110 valence electrons. The number of nitrogens with zero attached hydrogens (tertiary/aromatic N) is 1. The minimum absolute atomic E-state index is 0.249. The van der Waals surface area contributed by atoms with Crippen LogP contribution in [-0.4, -0.2) is 37.0 Å². The SMILES string of the molecule is CCCCCCN1CCCC(C(=O)NCC2CC2)C1. The Morgan fingerprint density at radius 2 is 2.05 bits per heavy atom. The molecule has 2 rings (SSSR count). The number of hydrogen-bond acceptors (Lipinski definition) is 2. The normalized spacial score (nSPS) is 24.4. The van der Waals surface area contributed by atoms with Crippen molar-refractivity contribution >= 4 is 5.91 Å². The van der Waals surface area contributed by atoms with Crippen molar-refractivity contribution < 1.29 is 4.79 Å². The number of likely N-dealkylation sites (tertiary alicyclic amines) is 1. The molecule has 19 heavy (non-hydrogen) atoms. The van der Waals surface area contributed by atoms with Gasteiger partial charge in [0.25, 0.3) is 0 Å². The number of hydrogen-bond donors (Lipinski definition) is 1. The van der Waals surface area contributed by atoms with E-state index in [0.717, 1.165) is 25.4 Å². The number of carbonyl (C=O) groups excluding carboxylic acids is 1. The maximum Gasteiger partial charge on any atom is 0.224 e. The van der Waals surface area contributed by atoms with Gasteiger partial charge in [-0.15, -0.1) is 0 Å². The Hall–Kier alpha value is -0.570. The Bertz CT molecular complexity index is 276. The van der Waals surface area contributed by atoms with Crippen LogP contribution in [-0.2, 0) is 4.79 Å². The predicted octanol–water partition coefficient (Wildman–Crippen LogP) is 2.80. The molecule has 1 saturated heterocycles. The Morgan fingerprint density at radius 3 is 2.79 bits per heavy atom. The fraction of sp³-hybridized carbons (Fsp3) is 0.938. The van der Waals surface area contributed by atoms with Crippen LogP contribution in [0.25, 0.3) is 0 Å². The van der Waals surface area contributed by atoms with Crippen molar-refractivity contribution in [1.82, 2.24) is 10.2 Å². The largest absolute Gasteiger partial charge is 0.356 e. The minimum Gasteiger partial charge on any atom is -0.356 e. The monoisotopic (exact) mass is 266 g/mol. The van der Waals surface area contributed by atoms with Crippen molar-refractivity contribution in [3.8, 4) is 0 Å². The van der Waals surface area contributed by atoms with Crippen molar-refractivity contribution in [1.29, 1.82) is 0 Å². The molecule has 1 amide bonds. The first-order valence-electron chi connectivity index (χ1n) is 8.29. The third-order valence-electron chi connectivity index (χ3n) is 4.47. The maximum absolute atomic E-state index is 12.1. The second-order valence-electron chi connectivity index (χ2n) is 6.39. The van der Waals surface area contributed by atoms with Crippen LogP contribution in [0.2, 0.25) is 0 Å². The number of carbonyl (C=O) groups is 1. The Balaban J connectivity index is 1.62. The van der Waals surface area contributed by atoms with Gasteiger partial charge in [0.05, 0.1) is 5.92 Å². The minimum atomic E-state index is 0.249. The highest BCUT2D eigenvalue weighted by atomic mass is 16.1. The first-order valence-corrected chi connectivity index (χ1v) is 8.29. The summed E-state index contributed by atoms with van der Waals surface area (Å²) in [5.41, 5.74) is 0. The van der Waals surface area contributed by atoms with E-state index < -0.39 is 0 Å². The first kappa shape index (κ1) is 14.8. The molecule has 0 radical (unpaired) electrons. The zero-order valence-corrected chi connectivity index (χ0v) is 12.5. The van der Waals surface area contributed by atoms with E-state index in [1.54, 1.807) is 0 Å². The molecule has 0 aromatic rings. The summed E-state index contributed by atoms with van der Waals surface area (Å²) in [6.45, 7) is 6.54. The standard InChI is InChI=1S/C16H30N2O/c1-2-3-4-5-10-18-11-6-7-15(13-18)16(19)17-12-14-8-9-14/h14-15H,2-13H2,1H3,(H,17,19). The molecular weight excluding hydrogens is 236 g/mol. The van der Waals surface area contributed by atoms with Crippen LogP contribution in [0.1, 0.15) is 58.3 Å². The number of amides is 1. The van der Waals surface area contributed by atoms with E-state index in [4.69, 9.17) is 0 Å². The molecule has 1 atom stereocenters. The lowest BCUT2D eigenvalue weighted by Gasteiger charge is -2.32. The second kappa shape index (κ2) is 7.88. The average Bonchev–Trinajstić information content (AvgIpc) is 3.25. The van der Waals surface area contributed by atoms with E-state index in [1.807, 2.05) is 0 Å². The van der Waals surface area contributed by atoms with E-state index in [9.17, 15) is 4.79 Å². The molecule has 1 unspecified atom stereocenters. The zero-order valence-electron chi connectivity index (χ0n) is 12.5. The summed E-state index contributed by atoms with van der Waals surface area (Å²) < 4.78 is 0. The first-order chi connectivity index (χ1) is 9.29. The molecule has 3 heteroatoms. The van der Waals surface area contributed by atoms with Gasteiger partial charge in [0.2, 0.25) is 5.91 Å². The molecule has 0 bridgehead atoms. The van der Waals surface area contributed by atoms with Crippen molar-refractivity contribution in [2.75, 3.05) is 26.2 Å². The van der Waals surface area contributed by atoms with Crippen LogP contribution in [0.4, 0.5) is 0 Å². The lowest BCUT2D eigenvalue weighted by Crippen LogP contribution is -2.43. The van der Waals surface area contributed by atoms with Crippen LogP contribution in [0.3, 0.4) is 0 Å². The van der Waals surface area contributed by atoms with Gasteiger partial charge in [0.1, 0.15) is 0 Å². The molecular formula is C16H30N2O. The van der Waals surface area contributed by atoms with E-state index in [0.29, 0.717) is 5.91 Å². The second-order valence-corrected chi connectivity index (χ2v) is 6.39. The van der Waals surface area contributed by atoms with Gasteiger partial charge >= 0.3 is 0 Å². The quantitative estimate of drug-likeness (QED) is 0.685. The molecule has 0 aromatic heterocycles. The van der Waals surface area contributed by atoms with Crippen LogP contribution in [0, 0.1) is 11.8 Å². The third kappa shape index (κ3) is 5.52. The fourth-order valence-corrected chi connectivity index (χ4v) is 2.95. The van der Waals surface area contributed by atoms with Gasteiger partial charge in [-0.2, -0.15) is 0 Å². The lowest BCUT2D eigenvalue weighted by molar-refractivity contribution is -0.126. The Morgan fingerprint density at radius 1 is 1.21 bits per heavy atom. The van der Waals surface area contributed by atoms with Crippen molar-refractivity contribution in [3.05, 3.63) is 0 Å². The molecule has 1 heterocycles. The van der Waals surface area contributed by atoms with Crippen molar-refractivity contribution in [2.45, 2.75) is 58.3 Å². The van der Waals surface area contributed by atoms with Crippen molar-refractivity contribution in [2.24, 2.45) is 11.8 Å². The highest BCUT2D eigenvalue weighted by molar-refractivity contribution is 5.79. The van der Waals surface area contributed by atoms with Gasteiger partial charge in [-0.05, 0) is 51.1 Å². The smallest absolute Gasteiger partial charge is 0.224 e. The molecule has 2 fully saturated rings. The number of nitrogens with one attached hydrogen (secondary N) is 1. The Kier molecular flexibility index (Phi) is 6.15. The van der Waals surface area contributed by atoms with E-state index in [2.05, 4.69) is 17.1 Å². The molecule has 0 aromatic carbocycles. The molecule has 0 spiro atoms. The van der Waals surface area contributed by atoms with Crippen molar-refractivity contribution in [3.63, 3.8) is 0 Å². The van der Waals surface area contributed by atoms with Crippen LogP contribution < -0.4 is 5.32 Å². The summed E-state index contributed by atoms with van der Waals surface area (Å²) >= 11 is 0.